The minimum atomic E-state index is -0.417. The molecule has 1 N–H and O–H groups in total. The topological polar surface area (TPSA) is 43.0 Å². The predicted octanol–water partition coefficient (Wildman–Crippen LogP) is 3.66. The second-order valence-corrected chi connectivity index (χ2v) is 7.35. The Morgan fingerprint density at radius 1 is 1.24 bits per heavy atom. The highest BCUT2D eigenvalue weighted by atomic mass is 35.5. The van der Waals surface area contributed by atoms with Gasteiger partial charge in [0.05, 0.1) is 30.9 Å². The SMILES string of the molecule is COc1cccc(C(=S)NCCN2CCOCC2)c1OCc1c(F)cccc1Cl. The van der Waals surface area contributed by atoms with E-state index in [4.69, 9.17) is 38.0 Å². The van der Waals surface area contributed by atoms with Crippen LogP contribution in [0.15, 0.2) is 36.4 Å². The number of rotatable bonds is 8. The molecule has 0 atom stereocenters. The van der Waals surface area contributed by atoms with Crippen LogP contribution in [-0.2, 0) is 11.3 Å². The molecule has 156 valence electrons. The number of morpholine rings is 1. The van der Waals surface area contributed by atoms with E-state index in [1.807, 2.05) is 12.1 Å². The molecule has 1 heterocycles. The number of thiocarbonyl (C=S) groups is 1. The van der Waals surface area contributed by atoms with E-state index in [2.05, 4.69) is 10.2 Å². The van der Waals surface area contributed by atoms with Crippen LogP contribution in [0.1, 0.15) is 11.1 Å². The smallest absolute Gasteiger partial charge is 0.171 e. The molecule has 3 rings (SSSR count). The Balaban J connectivity index is 1.69. The van der Waals surface area contributed by atoms with Crippen molar-refractivity contribution in [3.63, 3.8) is 0 Å². The molecule has 1 saturated heterocycles. The maximum Gasteiger partial charge on any atom is 0.171 e. The van der Waals surface area contributed by atoms with Crippen molar-refractivity contribution >= 4 is 28.8 Å². The Bertz CT molecular complexity index is 826. The molecule has 29 heavy (non-hydrogen) atoms. The van der Waals surface area contributed by atoms with Crippen LogP contribution in [0, 0.1) is 5.82 Å². The first kappa shape index (κ1) is 21.8. The van der Waals surface area contributed by atoms with Crippen molar-refractivity contribution in [1.82, 2.24) is 10.2 Å². The number of hydrogen-bond acceptors (Lipinski definition) is 5. The summed E-state index contributed by atoms with van der Waals surface area (Å²) in [6, 6.07) is 10.0. The summed E-state index contributed by atoms with van der Waals surface area (Å²) in [6.07, 6.45) is 0. The van der Waals surface area contributed by atoms with Gasteiger partial charge in [-0.3, -0.25) is 4.90 Å². The zero-order valence-electron chi connectivity index (χ0n) is 16.2. The van der Waals surface area contributed by atoms with E-state index in [9.17, 15) is 4.39 Å². The lowest BCUT2D eigenvalue weighted by Crippen LogP contribution is -2.41. The van der Waals surface area contributed by atoms with Gasteiger partial charge in [0, 0.05) is 31.7 Å². The molecule has 0 aromatic heterocycles. The molecule has 0 aliphatic carbocycles. The second kappa shape index (κ2) is 10.7. The van der Waals surface area contributed by atoms with Crippen molar-refractivity contribution in [3.8, 4) is 11.5 Å². The molecule has 0 amide bonds. The van der Waals surface area contributed by atoms with Crippen molar-refractivity contribution in [2.45, 2.75) is 6.61 Å². The Morgan fingerprint density at radius 2 is 2.00 bits per heavy atom. The summed E-state index contributed by atoms with van der Waals surface area (Å²) in [7, 11) is 1.55. The Morgan fingerprint density at radius 3 is 2.72 bits per heavy atom. The fourth-order valence-corrected chi connectivity index (χ4v) is 3.55. The number of benzene rings is 2. The molecule has 1 aliphatic rings. The van der Waals surface area contributed by atoms with Gasteiger partial charge in [0.15, 0.2) is 11.5 Å². The summed E-state index contributed by atoms with van der Waals surface area (Å²) in [5.74, 6) is 0.561. The maximum atomic E-state index is 14.1. The summed E-state index contributed by atoms with van der Waals surface area (Å²) >= 11 is 11.7. The third kappa shape index (κ3) is 5.79. The van der Waals surface area contributed by atoms with Crippen LogP contribution < -0.4 is 14.8 Å². The highest BCUT2D eigenvalue weighted by molar-refractivity contribution is 7.80. The summed E-state index contributed by atoms with van der Waals surface area (Å²) in [5, 5.41) is 3.58. The minimum absolute atomic E-state index is 0.0325. The summed E-state index contributed by atoms with van der Waals surface area (Å²) < 4.78 is 30.8. The molecule has 1 fully saturated rings. The molecule has 2 aromatic rings. The lowest BCUT2D eigenvalue weighted by molar-refractivity contribution is 0.0389. The van der Waals surface area contributed by atoms with E-state index >= 15 is 0 Å². The van der Waals surface area contributed by atoms with Gasteiger partial charge in [-0.15, -0.1) is 0 Å². The molecular formula is C21H24ClFN2O3S. The van der Waals surface area contributed by atoms with Gasteiger partial charge in [0.2, 0.25) is 0 Å². The highest BCUT2D eigenvalue weighted by Gasteiger charge is 2.17. The molecule has 0 spiro atoms. The fraction of sp³-hybridized carbons (Fsp3) is 0.381. The Kier molecular flexibility index (Phi) is 8.06. The summed E-state index contributed by atoms with van der Waals surface area (Å²) in [6.45, 7) is 4.91. The first-order chi connectivity index (χ1) is 14.1. The van der Waals surface area contributed by atoms with Crippen LogP contribution in [0.5, 0.6) is 11.5 Å². The number of hydrogen-bond donors (Lipinski definition) is 1. The second-order valence-electron chi connectivity index (χ2n) is 6.54. The average Bonchev–Trinajstić information content (AvgIpc) is 2.74. The first-order valence-electron chi connectivity index (χ1n) is 9.41. The normalized spacial score (nSPS) is 14.4. The van der Waals surface area contributed by atoms with Crippen LogP contribution in [0.2, 0.25) is 5.02 Å². The number of halogens is 2. The molecule has 0 unspecified atom stereocenters. The average molecular weight is 439 g/mol. The molecule has 0 saturated carbocycles. The third-order valence-electron chi connectivity index (χ3n) is 4.68. The number of methoxy groups -OCH3 is 1. The fourth-order valence-electron chi connectivity index (χ4n) is 3.07. The van der Waals surface area contributed by atoms with Crippen molar-refractivity contribution < 1.29 is 18.6 Å². The van der Waals surface area contributed by atoms with Crippen molar-refractivity contribution in [3.05, 3.63) is 58.4 Å². The first-order valence-corrected chi connectivity index (χ1v) is 10.2. The third-order valence-corrected chi connectivity index (χ3v) is 5.40. The monoisotopic (exact) mass is 438 g/mol. The molecule has 0 radical (unpaired) electrons. The van der Waals surface area contributed by atoms with Gasteiger partial charge in [-0.1, -0.05) is 36.0 Å². The van der Waals surface area contributed by atoms with Gasteiger partial charge in [-0.2, -0.15) is 0 Å². The van der Waals surface area contributed by atoms with Crippen molar-refractivity contribution in [2.75, 3.05) is 46.5 Å². The maximum absolute atomic E-state index is 14.1. The summed E-state index contributed by atoms with van der Waals surface area (Å²) in [4.78, 5) is 2.87. The van der Waals surface area contributed by atoms with Gasteiger partial charge in [-0.25, -0.2) is 4.39 Å². The molecule has 2 aromatic carbocycles. The molecular weight excluding hydrogens is 415 g/mol. The van der Waals surface area contributed by atoms with Gasteiger partial charge in [0.1, 0.15) is 17.4 Å². The van der Waals surface area contributed by atoms with Gasteiger partial charge in [0.25, 0.3) is 0 Å². The number of nitrogens with zero attached hydrogens (tertiary/aromatic N) is 1. The van der Waals surface area contributed by atoms with Gasteiger partial charge < -0.3 is 19.5 Å². The quantitative estimate of drug-likeness (QED) is 0.634. The largest absolute Gasteiger partial charge is 0.493 e. The predicted molar refractivity (Wildman–Crippen MR) is 116 cm³/mol. The zero-order chi connectivity index (χ0) is 20.6. The number of nitrogens with one attached hydrogen (secondary N) is 1. The zero-order valence-corrected chi connectivity index (χ0v) is 17.8. The van der Waals surface area contributed by atoms with Crippen LogP contribution >= 0.6 is 23.8 Å². The van der Waals surface area contributed by atoms with Crippen molar-refractivity contribution in [2.24, 2.45) is 0 Å². The van der Waals surface area contributed by atoms with Gasteiger partial charge >= 0.3 is 0 Å². The lowest BCUT2D eigenvalue weighted by Gasteiger charge is -2.26. The van der Waals surface area contributed by atoms with E-state index in [-0.39, 0.29) is 12.2 Å². The van der Waals surface area contributed by atoms with Gasteiger partial charge in [-0.05, 0) is 24.3 Å². The molecule has 8 heteroatoms. The van der Waals surface area contributed by atoms with Crippen molar-refractivity contribution in [1.29, 1.82) is 0 Å². The van der Waals surface area contributed by atoms with Crippen LogP contribution in [0.25, 0.3) is 0 Å². The van der Waals surface area contributed by atoms with Crippen LogP contribution in [-0.4, -0.2) is 56.4 Å². The number of ether oxygens (including phenoxy) is 3. The standard InChI is InChI=1S/C21H24ClFN2O3S/c1-26-19-7-2-4-15(21(29)24-8-9-25-10-12-27-13-11-25)20(19)28-14-16-17(22)5-3-6-18(16)23/h2-7H,8-14H2,1H3,(H,24,29). The van der Waals surface area contributed by atoms with E-state index in [1.165, 1.54) is 6.07 Å². The Hall–Kier alpha value is -1.93. The van der Waals surface area contributed by atoms with E-state index < -0.39 is 5.82 Å². The molecule has 1 aliphatic heterocycles. The van der Waals surface area contributed by atoms with E-state index in [0.29, 0.717) is 33.6 Å². The number of para-hydroxylation sites is 1. The van der Waals surface area contributed by atoms with Crippen LogP contribution in [0.4, 0.5) is 4.39 Å². The summed E-state index contributed by atoms with van der Waals surface area (Å²) in [5.41, 5.74) is 0.978. The molecule has 0 bridgehead atoms. The molecule has 5 nitrogen and oxygen atoms in total. The Labute approximate surface area is 180 Å². The lowest BCUT2D eigenvalue weighted by atomic mass is 10.1. The minimum Gasteiger partial charge on any atom is -0.493 e. The van der Waals surface area contributed by atoms with E-state index in [0.717, 1.165) is 32.8 Å². The van der Waals surface area contributed by atoms with Crippen LogP contribution in [0.3, 0.4) is 0 Å². The highest BCUT2D eigenvalue weighted by Crippen LogP contribution is 2.33. The van der Waals surface area contributed by atoms with E-state index in [1.54, 1.807) is 25.3 Å².